The highest BCUT2D eigenvalue weighted by molar-refractivity contribution is 6.21. The fourth-order valence-corrected chi connectivity index (χ4v) is 6.10. The maximum atomic E-state index is 2.37. The van der Waals surface area contributed by atoms with Gasteiger partial charge in [0.2, 0.25) is 0 Å². The smallest absolute Gasteiger partial charge is 0.00262 e. The molecule has 7 rings (SSSR count). The van der Waals surface area contributed by atoms with Crippen LogP contribution in [0, 0.1) is 0 Å². The topological polar surface area (TPSA) is 0 Å². The molecule has 192 valence electrons. The standard InChI is InChI=1S/C40H32/c1-40(2,3)33-23-21-27(22-24-33)30-19-17-28-18-20-31(26-32(28)25-30)39-36-15-9-7-13-34(36)38(29-11-5-4-6-12-29)35-14-8-10-16-37(35)39/h4-26H,1-3H3. The van der Waals surface area contributed by atoms with Crippen molar-refractivity contribution in [2.45, 2.75) is 26.2 Å². The van der Waals surface area contributed by atoms with Crippen molar-refractivity contribution in [3.05, 3.63) is 145 Å². The molecule has 0 amide bonds. The zero-order valence-electron chi connectivity index (χ0n) is 23.3. The minimum Gasteiger partial charge on any atom is -0.0622 e. The molecule has 0 aliphatic carbocycles. The largest absolute Gasteiger partial charge is 0.0622 e. The molecule has 0 nitrogen and oxygen atoms in total. The van der Waals surface area contributed by atoms with Crippen LogP contribution in [0.4, 0.5) is 0 Å². The van der Waals surface area contributed by atoms with Gasteiger partial charge in [-0.1, -0.05) is 148 Å². The predicted molar refractivity (Wildman–Crippen MR) is 174 cm³/mol. The summed E-state index contributed by atoms with van der Waals surface area (Å²) in [5.74, 6) is 0. The number of rotatable bonds is 3. The summed E-state index contributed by atoms with van der Waals surface area (Å²) in [6.07, 6.45) is 0. The van der Waals surface area contributed by atoms with E-state index in [2.05, 4.69) is 160 Å². The second-order valence-electron chi connectivity index (χ2n) is 11.8. The monoisotopic (exact) mass is 512 g/mol. The fourth-order valence-electron chi connectivity index (χ4n) is 6.10. The molecule has 7 aromatic carbocycles. The molecular weight excluding hydrogens is 480 g/mol. The van der Waals surface area contributed by atoms with Gasteiger partial charge in [0.15, 0.2) is 0 Å². The van der Waals surface area contributed by atoms with E-state index in [1.807, 2.05) is 0 Å². The lowest BCUT2D eigenvalue weighted by molar-refractivity contribution is 0.590. The molecule has 0 aromatic heterocycles. The Morgan fingerprint density at radius 2 is 0.800 bits per heavy atom. The summed E-state index contributed by atoms with van der Waals surface area (Å²) in [7, 11) is 0. The van der Waals surface area contributed by atoms with Crippen LogP contribution in [0.5, 0.6) is 0 Å². The SMILES string of the molecule is CC(C)(C)c1ccc(-c2ccc3ccc(-c4c5ccccc5c(-c5ccccc5)c5ccccc45)cc3c2)cc1. The summed E-state index contributed by atoms with van der Waals surface area (Å²) in [6.45, 7) is 6.79. The van der Waals surface area contributed by atoms with Crippen molar-refractivity contribution in [3.63, 3.8) is 0 Å². The van der Waals surface area contributed by atoms with E-state index >= 15 is 0 Å². The molecule has 0 saturated heterocycles. The van der Waals surface area contributed by atoms with Crippen molar-refractivity contribution < 1.29 is 0 Å². The van der Waals surface area contributed by atoms with Crippen LogP contribution in [0.3, 0.4) is 0 Å². The first-order valence-corrected chi connectivity index (χ1v) is 14.1. The van der Waals surface area contributed by atoms with Crippen molar-refractivity contribution >= 4 is 32.3 Å². The van der Waals surface area contributed by atoms with Crippen LogP contribution in [0.25, 0.3) is 65.7 Å². The molecule has 0 heteroatoms. The van der Waals surface area contributed by atoms with Gasteiger partial charge < -0.3 is 0 Å². The van der Waals surface area contributed by atoms with E-state index in [1.54, 1.807) is 0 Å². The lowest BCUT2D eigenvalue weighted by Gasteiger charge is -2.19. The Morgan fingerprint density at radius 1 is 0.350 bits per heavy atom. The van der Waals surface area contributed by atoms with Gasteiger partial charge in [0.05, 0.1) is 0 Å². The molecular formula is C40H32. The summed E-state index contributed by atoms with van der Waals surface area (Å²) in [6, 6.07) is 51.3. The van der Waals surface area contributed by atoms with Crippen LogP contribution in [0.2, 0.25) is 0 Å². The Hall–Kier alpha value is -4.68. The minimum absolute atomic E-state index is 0.151. The van der Waals surface area contributed by atoms with Gasteiger partial charge in [0.1, 0.15) is 0 Å². The van der Waals surface area contributed by atoms with E-state index < -0.39 is 0 Å². The average molecular weight is 513 g/mol. The van der Waals surface area contributed by atoms with Crippen molar-refractivity contribution in [2.75, 3.05) is 0 Å². The molecule has 40 heavy (non-hydrogen) atoms. The zero-order valence-corrected chi connectivity index (χ0v) is 23.3. The van der Waals surface area contributed by atoms with Gasteiger partial charge in [-0.15, -0.1) is 0 Å². The zero-order chi connectivity index (χ0) is 27.3. The Kier molecular flexibility index (Phi) is 5.79. The van der Waals surface area contributed by atoms with Gasteiger partial charge in [0.25, 0.3) is 0 Å². The third kappa shape index (κ3) is 4.17. The molecule has 0 aliphatic heterocycles. The molecule has 0 aliphatic rings. The van der Waals surface area contributed by atoms with Gasteiger partial charge in [-0.05, 0) is 88.8 Å². The van der Waals surface area contributed by atoms with Crippen molar-refractivity contribution in [2.24, 2.45) is 0 Å². The van der Waals surface area contributed by atoms with Crippen LogP contribution in [0.1, 0.15) is 26.3 Å². The normalized spacial score (nSPS) is 11.9. The average Bonchev–Trinajstić information content (AvgIpc) is 2.99. The first-order valence-electron chi connectivity index (χ1n) is 14.1. The first kappa shape index (κ1) is 24.4. The number of fused-ring (bicyclic) bond motifs is 3. The van der Waals surface area contributed by atoms with Crippen molar-refractivity contribution in [1.82, 2.24) is 0 Å². The molecule has 0 bridgehead atoms. The van der Waals surface area contributed by atoms with Crippen molar-refractivity contribution in [1.29, 1.82) is 0 Å². The summed E-state index contributed by atoms with van der Waals surface area (Å²) in [5, 5.41) is 7.66. The van der Waals surface area contributed by atoms with E-state index in [9.17, 15) is 0 Å². The second-order valence-corrected chi connectivity index (χ2v) is 11.8. The quantitative estimate of drug-likeness (QED) is 0.207. The molecule has 0 atom stereocenters. The van der Waals surface area contributed by atoms with Crippen LogP contribution >= 0.6 is 0 Å². The maximum absolute atomic E-state index is 2.37. The first-order chi connectivity index (χ1) is 19.5. The van der Waals surface area contributed by atoms with Gasteiger partial charge in [-0.3, -0.25) is 0 Å². The molecule has 0 unspecified atom stereocenters. The van der Waals surface area contributed by atoms with Crippen LogP contribution in [0.15, 0.2) is 140 Å². The number of benzene rings is 7. The van der Waals surface area contributed by atoms with Crippen LogP contribution in [-0.2, 0) is 5.41 Å². The van der Waals surface area contributed by atoms with Gasteiger partial charge in [-0.2, -0.15) is 0 Å². The highest BCUT2D eigenvalue weighted by Crippen LogP contribution is 2.44. The molecule has 7 aromatic rings. The third-order valence-electron chi connectivity index (χ3n) is 8.21. The van der Waals surface area contributed by atoms with Crippen LogP contribution < -0.4 is 0 Å². The lowest BCUT2D eigenvalue weighted by Crippen LogP contribution is -2.10. The number of hydrogen-bond acceptors (Lipinski definition) is 0. The molecule has 0 heterocycles. The summed E-state index contributed by atoms with van der Waals surface area (Å²) in [5.41, 5.74) is 9.12. The van der Waals surface area contributed by atoms with Gasteiger partial charge in [0, 0.05) is 0 Å². The Labute approximate surface area is 236 Å². The lowest BCUT2D eigenvalue weighted by atomic mass is 9.85. The fraction of sp³-hybridized carbons (Fsp3) is 0.100. The number of hydrogen-bond donors (Lipinski definition) is 0. The van der Waals surface area contributed by atoms with E-state index in [-0.39, 0.29) is 5.41 Å². The second kappa shape index (κ2) is 9.50. The molecule has 0 spiro atoms. The summed E-state index contributed by atoms with van der Waals surface area (Å²) in [4.78, 5) is 0. The van der Waals surface area contributed by atoms with E-state index in [1.165, 1.54) is 71.3 Å². The highest BCUT2D eigenvalue weighted by atomic mass is 14.2. The molecule has 0 radical (unpaired) electrons. The molecule has 0 fully saturated rings. The van der Waals surface area contributed by atoms with Gasteiger partial charge in [-0.25, -0.2) is 0 Å². The Morgan fingerprint density at radius 3 is 1.35 bits per heavy atom. The van der Waals surface area contributed by atoms with Crippen molar-refractivity contribution in [3.8, 4) is 33.4 Å². The van der Waals surface area contributed by atoms with E-state index in [4.69, 9.17) is 0 Å². The Bertz CT molecular complexity index is 1950. The Balaban J connectivity index is 1.44. The minimum atomic E-state index is 0.151. The summed E-state index contributed by atoms with van der Waals surface area (Å²) >= 11 is 0. The maximum Gasteiger partial charge on any atom is -0.00262 e. The molecule has 0 saturated carbocycles. The molecule has 0 N–H and O–H groups in total. The highest BCUT2D eigenvalue weighted by Gasteiger charge is 2.17. The van der Waals surface area contributed by atoms with E-state index in [0.717, 1.165) is 0 Å². The third-order valence-corrected chi connectivity index (χ3v) is 8.21. The predicted octanol–water partition coefficient (Wildman–Crippen LogP) is 11.4. The van der Waals surface area contributed by atoms with Gasteiger partial charge >= 0.3 is 0 Å². The van der Waals surface area contributed by atoms with E-state index in [0.29, 0.717) is 0 Å². The summed E-state index contributed by atoms with van der Waals surface area (Å²) < 4.78 is 0. The van der Waals surface area contributed by atoms with Crippen LogP contribution in [-0.4, -0.2) is 0 Å².